The third-order valence-corrected chi connectivity index (χ3v) is 10.8. The number of allylic oxidation sites excluding steroid dienone is 2. The molecule has 3 aromatic carbocycles. The summed E-state index contributed by atoms with van der Waals surface area (Å²) in [7, 11) is 0. The van der Waals surface area contributed by atoms with E-state index in [2.05, 4.69) is 114 Å². The molecule has 0 atom stereocenters. The molecule has 0 amide bonds. The Labute approximate surface area is 313 Å². The van der Waals surface area contributed by atoms with Crippen molar-refractivity contribution in [3.63, 3.8) is 0 Å². The van der Waals surface area contributed by atoms with E-state index in [1.807, 2.05) is 45.1 Å². The van der Waals surface area contributed by atoms with Crippen LogP contribution in [0.15, 0.2) is 66.4 Å². The largest absolute Gasteiger partial charge is 0.512 e. The van der Waals surface area contributed by atoms with Crippen molar-refractivity contribution in [1.29, 1.82) is 0 Å². The van der Waals surface area contributed by atoms with Crippen LogP contribution < -0.4 is 4.57 Å². The summed E-state index contributed by atoms with van der Waals surface area (Å²) in [5.41, 5.74) is 5.57. The molecule has 2 heterocycles. The number of aliphatic hydroxyl groups excluding tert-OH is 1. The fraction of sp³-hybridized carbons (Fsp3) is 0.455. The van der Waals surface area contributed by atoms with Gasteiger partial charge >= 0.3 is 0 Å². The van der Waals surface area contributed by atoms with Crippen LogP contribution in [0.5, 0.6) is 0 Å². The SMILES string of the molecule is CCC(CC)C(=O)/C=C(\O)C(CC)CC.Cc1c(CC(C)(C)C)ccc2c1sc1c2cc[c-][n+]1-c1[c-]c2ccccc2c(C(C)(C)C)c1.[Ir]. The molecule has 0 spiro atoms. The first-order valence-corrected chi connectivity index (χ1v) is 18.6. The minimum atomic E-state index is 0. The number of thiophene rings is 1. The molecule has 5 aromatic rings. The minimum absolute atomic E-state index is 0. The van der Waals surface area contributed by atoms with Gasteiger partial charge in [0, 0.05) is 48.4 Å². The minimum Gasteiger partial charge on any atom is -0.512 e. The fourth-order valence-electron chi connectivity index (χ4n) is 6.60. The molecular formula is C44H56IrNO2S-. The van der Waals surface area contributed by atoms with Gasteiger partial charge in [-0.2, -0.15) is 0 Å². The number of aromatic nitrogens is 1. The average Bonchev–Trinajstić information content (AvgIpc) is 3.42. The van der Waals surface area contributed by atoms with Crippen LogP contribution in [0.4, 0.5) is 0 Å². The Morgan fingerprint density at radius 3 is 2.10 bits per heavy atom. The summed E-state index contributed by atoms with van der Waals surface area (Å²) in [5.74, 6) is 0.547. The molecule has 0 saturated carbocycles. The standard InChI is InChI=1S/C31H32NS.C13H24O2.Ir/c1-20-22(19-30(2,3)4)14-15-25-26-13-10-16-32(29(26)33-28(20)25)23-17-21-11-8-9-12-24(21)27(18-23)31(5,6)7;1-5-10(6-2)12(14)9-13(15)11(7-3)8-4;/h8-15,18H,19H2,1-7H3;9-11,14H,5-8H2,1-4H3;/q-1;;/b;12-9-;. The summed E-state index contributed by atoms with van der Waals surface area (Å²) in [6, 6.07) is 23.5. The maximum atomic E-state index is 11.7. The summed E-state index contributed by atoms with van der Waals surface area (Å²) in [6.07, 6.45) is 9.49. The van der Waals surface area contributed by atoms with Crippen molar-refractivity contribution in [3.05, 3.63) is 95.4 Å². The van der Waals surface area contributed by atoms with Crippen LogP contribution in [0, 0.1) is 36.4 Å². The molecule has 5 heteroatoms. The molecule has 2 aromatic heterocycles. The monoisotopic (exact) mass is 855 g/mol. The van der Waals surface area contributed by atoms with Gasteiger partial charge in [0.1, 0.15) is 0 Å². The molecule has 0 aliphatic rings. The molecule has 0 aliphatic carbocycles. The average molecular weight is 855 g/mol. The van der Waals surface area contributed by atoms with Gasteiger partial charge in [-0.3, -0.25) is 9.36 Å². The second-order valence-electron chi connectivity index (χ2n) is 15.4. The second-order valence-corrected chi connectivity index (χ2v) is 16.4. The van der Waals surface area contributed by atoms with E-state index >= 15 is 0 Å². The number of hydrogen-bond donors (Lipinski definition) is 1. The van der Waals surface area contributed by atoms with Gasteiger partial charge in [0.05, 0.1) is 5.76 Å². The molecule has 5 rings (SSSR count). The Hall–Kier alpha value is -2.85. The van der Waals surface area contributed by atoms with E-state index in [9.17, 15) is 9.90 Å². The van der Waals surface area contributed by atoms with Crippen LogP contribution in [0.25, 0.3) is 36.8 Å². The number of aryl methyl sites for hydroxylation is 1. The predicted molar refractivity (Wildman–Crippen MR) is 206 cm³/mol. The van der Waals surface area contributed by atoms with Crippen molar-refractivity contribution in [2.24, 2.45) is 17.3 Å². The van der Waals surface area contributed by atoms with Crippen LogP contribution in [0.3, 0.4) is 0 Å². The van der Waals surface area contributed by atoms with Crippen LogP contribution in [-0.4, -0.2) is 10.9 Å². The molecule has 0 fully saturated rings. The number of hydrogen-bond acceptors (Lipinski definition) is 3. The number of rotatable bonds is 9. The predicted octanol–water partition coefficient (Wildman–Crippen LogP) is 12.1. The summed E-state index contributed by atoms with van der Waals surface area (Å²) >= 11 is 1.88. The van der Waals surface area contributed by atoms with Gasteiger partial charge in [0.2, 0.25) is 0 Å². The fourth-order valence-corrected chi connectivity index (χ4v) is 7.90. The van der Waals surface area contributed by atoms with E-state index in [1.165, 1.54) is 48.5 Å². The van der Waals surface area contributed by atoms with Crippen LogP contribution in [0.2, 0.25) is 0 Å². The first kappa shape index (κ1) is 40.6. The Kier molecular flexibility index (Phi) is 14.0. The number of ketones is 1. The molecular weight excluding hydrogens is 799 g/mol. The topological polar surface area (TPSA) is 41.2 Å². The molecule has 0 unspecified atom stereocenters. The smallest absolute Gasteiger partial charge is 0.186 e. The van der Waals surface area contributed by atoms with Crippen molar-refractivity contribution in [3.8, 4) is 5.69 Å². The van der Waals surface area contributed by atoms with Crippen LogP contribution in [0.1, 0.15) is 112 Å². The van der Waals surface area contributed by atoms with Crippen molar-refractivity contribution in [2.45, 2.75) is 114 Å². The zero-order chi connectivity index (χ0) is 35.4. The maximum absolute atomic E-state index is 11.7. The van der Waals surface area contributed by atoms with Gasteiger partial charge in [-0.1, -0.05) is 99.6 Å². The van der Waals surface area contributed by atoms with E-state index in [0.29, 0.717) is 0 Å². The third kappa shape index (κ3) is 9.48. The van der Waals surface area contributed by atoms with Crippen molar-refractivity contribution < 1.29 is 34.6 Å². The van der Waals surface area contributed by atoms with Gasteiger partial charge < -0.3 is 5.11 Å². The number of aliphatic hydroxyl groups is 1. The van der Waals surface area contributed by atoms with Gasteiger partial charge in [0.15, 0.2) is 16.8 Å². The van der Waals surface area contributed by atoms with Crippen molar-refractivity contribution in [1.82, 2.24) is 0 Å². The Morgan fingerprint density at radius 1 is 0.878 bits per heavy atom. The zero-order valence-corrected chi connectivity index (χ0v) is 34.7. The quantitative estimate of drug-likeness (QED) is 0.0694. The summed E-state index contributed by atoms with van der Waals surface area (Å²) in [5, 5.41) is 14.8. The number of carbonyl (C=O) groups excluding carboxylic acids is 1. The van der Waals surface area contributed by atoms with E-state index < -0.39 is 0 Å². The van der Waals surface area contributed by atoms with Gasteiger partial charge in [0.25, 0.3) is 0 Å². The third-order valence-electron chi connectivity index (χ3n) is 9.51. The van der Waals surface area contributed by atoms with Crippen molar-refractivity contribution in [2.75, 3.05) is 0 Å². The Morgan fingerprint density at radius 2 is 1.51 bits per heavy atom. The van der Waals surface area contributed by atoms with Crippen LogP contribution in [-0.2, 0) is 36.7 Å². The number of pyridine rings is 1. The van der Waals surface area contributed by atoms with Crippen LogP contribution >= 0.6 is 11.3 Å². The Balaban J connectivity index is 0.000000347. The van der Waals surface area contributed by atoms with Crippen molar-refractivity contribution >= 4 is 48.2 Å². The zero-order valence-electron chi connectivity index (χ0n) is 31.5. The molecule has 49 heavy (non-hydrogen) atoms. The number of fused-ring (bicyclic) bond motifs is 4. The van der Waals surface area contributed by atoms with Gasteiger partial charge in [-0.25, -0.2) is 0 Å². The molecule has 1 radical (unpaired) electrons. The first-order valence-electron chi connectivity index (χ1n) is 17.8. The number of benzene rings is 3. The first-order chi connectivity index (χ1) is 22.6. The van der Waals surface area contributed by atoms with E-state index in [0.717, 1.165) is 43.2 Å². The molecule has 265 valence electrons. The summed E-state index contributed by atoms with van der Waals surface area (Å²) in [6.45, 7) is 24.1. The summed E-state index contributed by atoms with van der Waals surface area (Å²) < 4.78 is 3.60. The maximum Gasteiger partial charge on any atom is 0.186 e. The second kappa shape index (κ2) is 16.9. The van der Waals surface area contributed by atoms with Gasteiger partial charge in [-0.15, -0.1) is 58.0 Å². The molecule has 0 aliphatic heterocycles. The van der Waals surface area contributed by atoms with E-state index in [4.69, 9.17) is 0 Å². The molecule has 3 nitrogen and oxygen atoms in total. The van der Waals surface area contributed by atoms with E-state index in [-0.39, 0.29) is 54.3 Å². The molecule has 0 saturated heterocycles. The number of nitrogens with zero attached hydrogens (tertiary/aromatic N) is 1. The van der Waals surface area contributed by atoms with Gasteiger partial charge in [-0.05, 0) is 71.8 Å². The number of carbonyl (C=O) groups is 1. The summed E-state index contributed by atoms with van der Waals surface area (Å²) in [4.78, 5) is 12.9. The molecule has 0 bridgehead atoms. The normalized spacial score (nSPS) is 12.5. The Bertz CT molecular complexity index is 1910. The van der Waals surface area contributed by atoms with E-state index in [1.54, 1.807) is 0 Å². The molecule has 1 N–H and O–H groups in total.